The number of carbonyl (C=O) groups excluding carboxylic acids is 2. The molecule has 1 amide bonds. The van der Waals surface area contributed by atoms with Crippen molar-refractivity contribution in [2.75, 3.05) is 13.1 Å². The average Bonchev–Trinajstić information content (AvgIpc) is 2.51. The van der Waals surface area contributed by atoms with Crippen molar-refractivity contribution in [1.82, 2.24) is 4.90 Å². The second-order valence-electron chi connectivity index (χ2n) is 6.71. The Kier molecular flexibility index (Phi) is 3.49. The van der Waals surface area contributed by atoms with Gasteiger partial charge in [0, 0.05) is 19.5 Å². The fourth-order valence-electron chi connectivity index (χ4n) is 2.93. The summed E-state index contributed by atoms with van der Waals surface area (Å²) in [6.07, 6.45) is 1.94. The fraction of sp³-hybridized carbons (Fsp3) is 0.857. The highest BCUT2D eigenvalue weighted by Crippen LogP contribution is 2.41. The molecule has 0 radical (unpaired) electrons. The second-order valence-corrected chi connectivity index (χ2v) is 6.71. The van der Waals surface area contributed by atoms with Crippen molar-refractivity contribution < 1.29 is 19.1 Å². The highest BCUT2D eigenvalue weighted by atomic mass is 16.6. The van der Waals surface area contributed by atoms with Crippen LogP contribution in [0.4, 0.5) is 4.79 Å². The molecule has 2 atom stereocenters. The molecule has 0 aromatic rings. The first-order valence-corrected chi connectivity index (χ1v) is 6.91. The van der Waals surface area contributed by atoms with Gasteiger partial charge in [-0.1, -0.05) is 0 Å². The predicted molar refractivity (Wildman–Crippen MR) is 69.6 cm³/mol. The number of amides is 1. The summed E-state index contributed by atoms with van der Waals surface area (Å²) in [6, 6.07) is 0. The van der Waals surface area contributed by atoms with Crippen LogP contribution in [0.15, 0.2) is 0 Å². The number of likely N-dealkylation sites (tertiary alicyclic amines) is 1. The maximum absolute atomic E-state index is 12.1. The van der Waals surface area contributed by atoms with Crippen molar-refractivity contribution >= 4 is 12.1 Å². The zero-order chi connectivity index (χ0) is 14.3. The number of rotatable bonds is 0. The van der Waals surface area contributed by atoms with Gasteiger partial charge in [-0.05, 0) is 40.5 Å². The van der Waals surface area contributed by atoms with Crippen LogP contribution in [0.5, 0.6) is 0 Å². The van der Waals surface area contributed by atoms with E-state index in [-0.39, 0.29) is 18.2 Å². The zero-order valence-electron chi connectivity index (χ0n) is 12.2. The van der Waals surface area contributed by atoms with Crippen LogP contribution in [0.1, 0.15) is 47.0 Å². The molecule has 2 aliphatic heterocycles. The SMILES string of the molecule is C[C@H]1C[C@]2(CCCN(C(=O)OC(C)(C)C)C2)C(=O)O1. The molecule has 1 spiro atoms. The first-order valence-electron chi connectivity index (χ1n) is 6.91. The number of cyclic esters (lactones) is 1. The van der Waals surface area contributed by atoms with Gasteiger partial charge in [-0.15, -0.1) is 0 Å². The molecule has 2 heterocycles. The van der Waals surface area contributed by atoms with Crippen molar-refractivity contribution in [3.8, 4) is 0 Å². The van der Waals surface area contributed by atoms with E-state index in [9.17, 15) is 9.59 Å². The van der Waals surface area contributed by atoms with Crippen LogP contribution in [-0.2, 0) is 14.3 Å². The first kappa shape index (κ1) is 14.2. The maximum Gasteiger partial charge on any atom is 0.410 e. The van der Waals surface area contributed by atoms with E-state index in [0.29, 0.717) is 19.5 Å². The number of carbonyl (C=O) groups is 2. The number of hydrogen-bond donors (Lipinski definition) is 0. The van der Waals surface area contributed by atoms with Gasteiger partial charge in [0.15, 0.2) is 0 Å². The Bertz CT molecular complexity index is 387. The van der Waals surface area contributed by atoms with Gasteiger partial charge >= 0.3 is 12.1 Å². The lowest BCUT2D eigenvalue weighted by atomic mass is 9.78. The van der Waals surface area contributed by atoms with Crippen molar-refractivity contribution in [2.45, 2.75) is 58.7 Å². The van der Waals surface area contributed by atoms with Gasteiger partial charge in [0.05, 0.1) is 5.41 Å². The Hall–Kier alpha value is -1.26. The molecule has 0 aromatic carbocycles. The normalized spacial score (nSPS) is 31.5. The van der Waals surface area contributed by atoms with Gasteiger partial charge < -0.3 is 14.4 Å². The predicted octanol–water partition coefficient (Wildman–Crippen LogP) is 2.34. The highest BCUT2D eigenvalue weighted by Gasteiger charge is 2.51. The fourth-order valence-corrected chi connectivity index (χ4v) is 2.93. The second kappa shape index (κ2) is 4.69. The highest BCUT2D eigenvalue weighted by molar-refractivity contribution is 5.80. The Morgan fingerprint density at radius 1 is 1.47 bits per heavy atom. The van der Waals surface area contributed by atoms with Crippen LogP contribution < -0.4 is 0 Å². The van der Waals surface area contributed by atoms with Gasteiger partial charge in [-0.25, -0.2) is 4.79 Å². The van der Waals surface area contributed by atoms with Crippen LogP contribution in [0.3, 0.4) is 0 Å². The molecule has 0 unspecified atom stereocenters. The van der Waals surface area contributed by atoms with Crippen molar-refractivity contribution in [3.63, 3.8) is 0 Å². The monoisotopic (exact) mass is 269 g/mol. The van der Waals surface area contributed by atoms with E-state index in [1.165, 1.54) is 0 Å². The standard InChI is InChI=1S/C14H23NO4/c1-10-8-14(11(16)18-10)6-5-7-15(9-14)12(17)19-13(2,3)4/h10H,5-9H2,1-4H3/t10-,14-/m0/s1. The average molecular weight is 269 g/mol. The lowest BCUT2D eigenvalue weighted by Crippen LogP contribution is -2.49. The summed E-state index contributed by atoms with van der Waals surface area (Å²) in [5.74, 6) is -0.159. The number of esters is 1. The largest absolute Gasteiger partial charge is 0.462 e. The maximum atomic E-state index is 12.1. The molecule has 0 N–H and O–H groups in total. The molecule has 0 aliphatic carbocycles. The van der Waals surface area contributed by atoms with Crippen molar-refractivity contribution in [2.24, 2.45) is 5.41 Å². The molecule has 5 nitrogen and oxygen atoms in total. The summed E-state index contributed by atoms with van der Waals surface area (Å²) in [5.41, 5.74) is -1.01. The van der Waals surface area contributed by atoms with Gasteiger partial charge in [0.1, 0.15) is 11.7 Å². The summed E-state index contributed by atoms with van der Waals surface area (Å²) >= 11 is 0. The first-order chi connectivity index (χ1) is 8.72. The van der Waals surface area contributed by atoms with Gasteiger partial charge in [-0.3, -0.25) is 4.79 Å². The molecular formula is C14H23NO4. The molecule has 2 aliphatic rings. The molecule has 19 heavy (non-hydrogen) atoms. The third kappa shape index (κ3) is 3.01. The van der Waals surface area contributed by atoms with E-state index in [1.54, 1.807) is 4.90 Å². The Balaban J connectivity index is 2.05. The minimum Gasteiger partial charge on any atom is -0.462 e. The zero-order valence-corrected chi connectivity index (χ0v) is 12.2. The number of nitrogens with zero attached hydrogens (tertiary/aromatic N) is 1. The summed E-state index contributed by atoms with van der Waals surface area (Å²) in [5, 5.41) is 0. The summed E-state index contributed by atoms with van der Waals surface area (Å²) < 4.78 is 10.6. The molecule has 2 fully saturated rings. The Labute approximate surface area is 114 Å². The van der Waals surface area contributed by atoms with Gasteiger partial charge in [0.25, 0.3) is 0 Å². The van der Waals surface area contributed by atoms with E-state index >= 15 is 0 Å². The molecule has 0 bridgehead atoms. The summed E-state index contributed by atoms with van der Waals surface area (Å²) in [7, 11) is 0. The molecule has 0 aromatic heterocycles. The van der Waals surface area contributed by atoms with E-state index in [0.717, 1.165) is 12.8 Å². The Morgan fingerprint density at radius 3 is 2.68 bits per heavy atom. The molecule has 2 saturated heterocycles. The van der Waals surface area contributed by atoms with Crippen LogP contribution in [0.25, 0.3) is 0 Å². The van der Waals surface area contributed by atoms with Crippen LogP contribution in [-0.4, -0.2) is 41.8 Å². The van der Waals surface area contributed by atoms with E-state index in [4.69, 9.17) is 9.47 Å². The van der Waals surface area contributed by atoms with E-state index < -0.39 is 11.0 Å². The minimum absolute atomic E-state index is 0.0499. The molecule has 2 rings (SSSR count). The number of hydrogen-bond acceptors (Lipinski definition) is 4. The van der Waals surface area contributed by atoms with E-state index in [2.05, 4.69) is 0 Å². The van der Waals surface area contributed by atoms with Gasteiger partial charge in [0.2, 0.25) is 0 Å². The lowest BCUT2D eigenvalue weighted by Gasteiger charge is -2.38. The van der Waals surface area contributed by atoms with Crippen LogP contribution >= 0.6 is 0 Å². The minimum atomic E-state index is -0.509. The van der Waals surface area contributed by atoms with E-state index in [1.807, 2.05) is 27.7 Å². The van der Waals surface area contributed by atoms with Crippen molar-refractivity contribution in [3.05, 3.63) is 0 Å². The smallest absolute Gasteiger partial charge is 0.410 e. The molecule has 5 heteroatoms. The number of ether oxygens (including phenoxy) is 2. The quantitative estimate of drug-likeness (QED) is 0.633. The molecule has 108 valence electrons. The third-order valence-electron chi connectivity index (χ3n) is 3.65. The lowest BCUT2D eigenvalue weighted by molar-refractivity contribution is -0.150. The molecule has 0 saturated carbocycles. The number of piperidine rings is 1. The Morgan fingerprint density at radius 2 is 2.16 bits per heavy atom. The summed E-state index contributed by atoms with van der Waals surface area (Å²) in [4.78, 5) is 25.8. The van der Waals surface area contributed by atoms with Gasteiger partial charge in [-0.2, -0.15) is 0 Å². The van der Waals surface area contributed by atoms with Crippen LogP contribution in [0, 0.1) is 5.41 Å². The summed E-state index contributed by atoms with van der Waals surface area (Å²) in [6.45, 7) is 8.51. The third-order valence-corrected chi connectivity index (χ3v) is 3.65. The topological polar surface area (TPSA) is 55.8 Å². The van der Waals surface area contributed by atoms with Crippen LogP contribution in [0.2, 0.25) is 0 Å². The molecular weight excluding hydrogens is 246 g/mol. The van der Waals surface area contributed by atoms with Crippen molar-refractivity contribution in [1.29, 1.82) is 0 Å².